The summed E-state index contributed by atoms with van der Waals surface area (Å²) in [5.41, 5.74) is -0.446. The van der Waals surface area contributed by atoms with Crippen molar-refractivity contribution in [3.63, 3.8) is 0 Å². The highest BCUT2D eigenvalue weighted by Gasteiger charge is 2.40. The van der Waals surface area contributed by atoms with Crippen LogP contribution in [-0.2, 0) is 13.2 Å². The van der Waals surface area contributed by atoms with Crippen LogP contribution >= 0.6 is 0 Å². The normalized spacial score (nSPS) is 12.2. The molecule has 0 saturated heterocycles. The second kappa shape index (κ2) is 5.60. The van der Waals surface area contributed by atoms with Gasteiger partial charge in [-0.15, -0.1) is 0 Å². The maximum absolute atomic E-state index is 13.7. The molecule has 27 heavy (non-hydrogen) atoms. The maximum atomic E-state index is 13.7. The zero-order valence-electron chi connectivity index (χ0n) is 14.3. The van der Waals surface area contributed by atoms with E-state index in [2.05, 4.69) is 4.98 Å². The summed E-state index contributed by atoms with van der Waals surface area (Å²) in [4.78, 5) is 17.2. The van der Waals surface area contributed by atoms with E-state index in [1.807, 2.05) is 0 Å². The Morgan fingerprint density at radius 2 is 1.89 bits per heavy atom. The number of phenols is 1. The van der Waals surface area contributed by atoms with Crippen LogP contribution in [0.3, 0.4) is 0 Å². The molecule has 2 heterocycles. The molecular weight excluding hydrogens is 361 g/mol. The number of para-hydroxylation sites is 2. The van der Waals surface area contributed by atoms with Crippen molar-refractivity contribution < 1.29 is 22.7 Å². The Balaban J connectivity index is 2.18. The zero-order valence-corrected chi connectivity index (χ0v) is 14.3. The molecule has 0 aliphatic rings. The number of aromatic hydroxyl groups is 1. The van der Waals surface area contributed by atoms with Crippen molar-refractivity contribution in [2.75, 3.05) is 0 Å². The molecule has 138 valence electrons. The van der Waals surface area contributed by atoms with E-state index in [0.717, 1.165) is 6.07 Å². The number of imidazole rings is 1. The molecule has 0 saturated carbocycles. The molecule has 0 amide bonds. The van der Waals surface area contributed by atoms with Crippen molar-refractivity contribution in [2.24, 2.45) is 7.05 Å². The zero-order chi connectivity index (χ0) is 19.5. The lowest BCUT2D eigenvalue weighted by Gasteiger charge is -2.13. The van der Waals surface area contributed by atoms with Gasteiger partial charge in [0.25, 0.3) is 0 Å². The van der Waals surface area contributed by atoms with Crippen LogP contribution < -0.4 is 5.43 Å². The number of aryl methyl sites for hydroxylation is 2. The molecule has 0 unspecified atom stereocenters. The number of alkyl halides is 3. The van der Waals surface area contributed by atoms with Crippen molar-refractivity contribution in [3.05, 3.63) is 57.9 Å². The fraction of sp³-hybridized carbons (Fsp3) is 0.158. The molecule has 0 bridgehead atoms. The van der Waals surface area contributed by atoms with Gasteiger partial charge >= 0.3 is 6.18 Å². The first-order chi connectivity index (χ1) is 12.7. The molecular formula is C19H13F3N2O3. The molecule has 0 spiro atoms. The smallest absolute Gasteiger partial charge is 0.450 e. The summed E-state index contributed by atoms with van der Waals surface area (Å²) in [6.07, 6.45) is -4.92. The molecule has 0 atom stereocenters. The van der Waals surface area contributed by atoms with E-state index < -0.39 is 22.9 Å². The van der Waals surface area contributed by atoms with Gasteiger partial charge in [0.05, 0.1) is 16.4 Å². The summed E-state index contributed by atoms with van der Waals surface area (Å²) >= 11 is 0. The average Bonchev–Trinajstić information content (AvgIpc) is 2.93. The number of nitrogens with zero attached hydrogens (tertiary/aromatic N) is 2. The van der Waals surface area contributed by atoms with Crippen LogP contribution in [0.1, 0.15) is 11.3 Å². The van der Waals surface area contributed by atoms with Crippen LogP contribution in [0, 0.1) is 6.92 Å². The van der Waals surface area contributed by atoms with Crippen molar-refractivity contribution in [1.82, 2.24) is 9.55 Å². The van der Waals surface area contributed by atoms with Crippen LogP contribution in [0.2, 0.25) is 0 Å². The highest BCUT2D eigenvalue weighted by molar-refractivity contribution is 5.86. The highest BCUT2D eigenvalue weighted by atomic mass is 19.4. The van der Waals surface area contributed by atoms with Crippen molar-refractivity contribution in [1.29, 1.82) is 0 Å². The van der Waals surface area contributed by atoms with Crippen LogP contribution in [0.25, 0.3) is 33.4 Å². The first-order valence-corrected chi connectivity index (χ1v) is 7.98. The number of hydrogen-bond donors (Lipinski definition) is 1. The maximum Gasteiger partial charge on any atom is 0.450 e. The standard InChI is InChI=1S/C19H13F3N2O3/c1-9-7-10-14(8-13(9)25)27-17(19(20,21)22)15(16(10)26)18-23-11-5-3-4-6-12(11)24(18)2/h3-8,25H,1-2H3. The summed E-state index contributed by atoms with van der Waals surface area (Å²) in [7, 11) is 1.54. The van der Waals surface area contributed by atoms with E-state index in [1.165, 1.54) is 17.7 Å². The Bertz CT molecular complexity index is 1270. The van der Waals surface area contributed by atoms with Crippen molar-refractivity contribution >= 4 is 22.0 Å². The Kier molecular flexibility index (Phi) is 3.56. The molecule has 4 aromatic rings. The second-order valence-electron chi connectivity index (χ2n) is 6.25. The summed E-state index contributed by atoms with van der Waals surface area (Å²) in [6.45, 7) is 1.54. The third-order valence-corrected chi connectivity index (χ3v) is 4.48. The number of halogens is 3. The number of benzene rings is 2. The number of hydrogen-bond acceptors (Lipinski definition) is 4. The SMILES string of the molecule is Cc1cc2c(=O)c(-c3nc4ccccc4n3C)c(C(F)(F)F)oc2cc1O. The van der Waals surface area contributed by atoms with E-state index in [9.17, 15) is 23.1 Å². The average molecular weight is 374 g/mol. The van der Waals surface area contributed by atoms with Crippen molar-refractivity contribution in [3.8, 4) is 17.1 Å². The monoisotopic (exact) mass is 374 g/mol. The Morgan fingerprint density at radius 3 is 2.56 bits per heavy atom. The van der Waals surface area contributed by atoms with E-state index in [-0.39, 0.29) is 22.5 Å². The fourth-order valence-corrected chi connectivity index (χ4v) is 3.11. The van der Waals surface area contributed by atoms with Gasteiger partial charge in [0, 0.05) is 13.1 Å². The molecule has 8 heteroatoms. The summed E-state index contributed by atoms with van der Waals surface area (Å²) in [6, 6.07) is 9.11. The minimum Gasteiger partial charge on any atom is -0.508 e. The third kappa shape index (κ3) is 2.56. The van der Waals surface area contributed by atoms with E-state index >= 15 is 0 Å². The van der Waals surface area contributed by atoms with Gasteiger partial charge in [-0.3, -0.25) is 4.79 Å². The molecule has 1 N–H and O–H groups in total. The van der Waals surface area contributed by atoms with Gasteiger partial charge in [0.1, 0.15) is 22.7 Å². The van der Waals surface area contributed by atoms with E-state index in [1.54, 1.807) is 31.2 Å². The summed E-state index contributed by atoms with van der Waals surface area (Å²) < 4.78 is 47.5. The summed E-state index contributed by atoms with van der Waals surface area (Å²) in [5, 5.41) is 9.71. The quantitative estimate of drug-likeness (QED) is 0.537. The largest absolute Gasteiger partial charge is 0.508 e. The number of aromatic nitrogens is 2. The van der Waals surface area contributed by atoms with Crippen LogP contribution in [-0.4, -0.2) is 14.7 Å². The van der Waals surface area contributed by atoms with Crippen molar-refractivity contribution in [2.45, 2.75) is 13.1 Å². The second-order valence-corrected chi connectivity index (χ2v) is 6.25. The predicted octanol–water partition coefficient (Wildman–Crippen LogP) is 4.38. The van der Waals surface area contributed by atoms with Gasteiger partial charge in [-0.2, -0.15) is 13.2 Å². The number of fused-ring (bicyclic) bond motifs is 2. The summed E-state index contributed by atoms with van der Waals surface area (Å²) in [5.74, 6) is -1.83. The lowest BCUT2D eigenvalue weighted by molar-refractivity contribution is -0.152. The molecule has 0 radical (unpaired) electrons. The van der Waals surface area contributed by atoms with Gasteiger partial charge in [-0.25, -0.2) is 4.98 Å². The fourth-order valence-electron chi connectivity index (χ4n) is 3.11. The minimum atomic E-state index is -4.92. The van der Waals surface area contributed by atoms with Crippen LogP contribution in [0.5, 0.6) is 5.75 Å². The molecule has 2 aromatic carbocycles. The molecule has 0 aliphatic carbocycles. The first kappa shape index (κ1) is 17.1. The molecule has 4 rings (SSSR count). The van der Waals surface area contributed by atoms with Gasteiger partial charge in [-0.05, 0) is 30.7 Å². The Hall–Kier alpha value is -3.29. The van der Waals surface area contributed by atoms with E-state index in [4.69, 9.17) is 4.42 Å². The van der Waals surface area contributed by atoms with Gasteiger partial charge in [0.15, 0.2) is 0 Å². The number of rotatable bonds is 1. The topological polar surface area (TPSA) is 68.3 Å². The lowest BCUT2D eigenvalue weighted by atomic mass is 10.1. The molecule has 5 nitrogen and oxygen atoms in total. The van der Waals surface area contributed by atoms with E-state index in [0.29, 0.717) is 16.6 Å². The van der Waals surface area contributed by atoms with Crippen LogP contribution in [0.4, 0.5) is 13.2 Å². The lowest BCUT2D eigenvalue weighted by Crippen LogP contribution is -2.18. The highest BCUT2D eigenvalue weighted by Crippen LogP contribution is 2.38. The third-order valence-electron chi connectivity index (χ3n) is 4.48. The molecule has 0 aliphatic heterocycles. The van der Waals surface area contributed by atoms with Gasteiger partial charge in [0.2, 0.25) is 11.2 Å². The number of phenolic OH excluding ortho intramolecular Hbond substituents is 1. The van der Waals surface area contributed by atoms with Gasteiger partial charge < -0.3 is 14.1 Å². The predicted molar refractivity (Wildman–Crippen MR) is 93.6 cm³/mol. The minimum absolute atomic E-state index is 0.0552. The molecule has 2 aromatic heterocycles. The van der Waals surface area contributed by atoms with Gasteiger partial charge in [-0.1, -0.05) is 12.1 Å². The molecule has 0 fully saturated rings. The Morgan fingerprint density at radius 1 is 1.19 bits per heavy atom. The van der Waals surface area contributed by atoms with Crippen LogP contribution in [0.15, 0.2) is 45.6 Å². The Labute approximate surface area is 150 Å². The first-order valence-electron chi connectivity index (χ1n) is 7.98.